The fourth-order valence-corrected chi connectivity index (χ4v) is 1.45. The first-order chi connectivity index (χ1) is 6.83. The molecule has 74 valence electrons. The fraction of sp³-hybridized carbons (Fsp3) is 0.364. The van der Waals surface area contributed by atoms with E-state index in [-0.39, 0.29) is 6.04 Å². The molecule has 1 heterocycles. The maximum Gasteiger partial charge on any atom is 0.0572 e. The summed E-state index contributed by atoms with van der Waals surface area (Å²) in [5.74, 6) is 8.05. The number of terminal acetylenes is 1. The Bertz CT molecular complexity index is 328. The Labute approximate surface area is 84.7 Å². The number of hydrazine groups is 1. The molecule has 0 aliphatic carbocycles. The van der Waals surface area contributed by atoms with Gasteiger partial charge in [0.2, 0.25) is 0 Å². The zero-order chi connectivity index (χ0) is 10.4. The van der Waals surface area contributed by atoms with Gasteiger partial charge in [0, 0.05) is 18.8 Å². The van der Waals surface area contributed by atoms with Gasteiger partial charge in [-0.2, -0.15) is 0 Å². The van der Waals surface area contributed by atoms with E-state index in [1.807, 2.05) is 12.3 Å². The van der Waals surface area contributed by atoms with E-state index >= 15 is 0 Å². The maximum atomic E-state index is 5.45. The Hall–Kier alpha value is -1.37. The lowest BCUT2D eigenvalue weighted by Gasteiger charge is -2.16. The van der Waals surface area contributed by atoms with E-state index in [0.717, 1.165) is 12.0 Å². The molecule has 3 nitrogen and oxygen atoms in total. The van der Waals surface area contributed by atoms with E-state index in [2.05, 4.69) is 23.3 Å². The number of aromatic nitrogens is 1. The van der Waals surface area contributed by atoms with Gasteiger partial charge in [-0.25, -0.2) is 0 Å². The topological polar surface area (TPSA) is 50.9 Å². The van der Waals surface area contributed by atoms with Crippen LogP contribution in [-0.4, -0.2) is 4.98 Å². The van der Waals surface area contributed by atoms with Crippen molar-refractivity contribution in [3.05, 3.63) is 29.6 Å². The van der Waals surface area contributed by atoms with Crippen LogP contribution in [0.2, 0.25) is 0 Å². The molecule has 0 aliphatic rings. The van der Waals surface area contributed by atoms with Gasteiger partial charge in [0.25, 0.3) is 0 Å². The van der Waals surface area contributed by atoms with Gasteiger partial charge in [-0.3, -0.25) is 16.3 Å². The van der Waals surface area contributed by atoms with Crippen molar-refractivity contribution < 1.29 is 0 Å². The molecule has 0 aromatic carbocycles. The van der Waals surface area contributed by atoms with E-state index in [9.17, 15) is 0 Å². The molecule has 3 N–H and O–H groups in total. The first-order valence-corrected chi connectivity index (χ1v) is 4.65. The summed E-state index contributed by atoms with van der Waals surface area (Å²) in [5.41, 5.74) is 5.05. The highest BCUT2D eigenvalue weighted by Gasteiger charge is 2.11. The van der Waals surface area contributed by atoms with Gasteiger partial charge in [-0.05, 0) is 23.6 Å². The van der Waals surface area contributed by atoms with Crippen molar-refractivity contribution in [1.29, 1.82) is 0 Å². The highest BCUT2D eigenvalue weighted by molar-refractivity contribution is 5.27. The predicted molar refractivity (Wildman–Crippen MR) is 57.1 cm³/mol. The number of nitrogens with two attached hydrogens (primary N) is 1. The smallest absolute Gasteiger partial charge is 0.0572 e. The number of hydrogen-bond donors (Lipinski definition) is 2. The zero-order valence-electron chi connectivity index (χ0n) is 8.33. The van der Waals surface area contributed by atoms with E-state index in [4.69, 9.17) is 12.3 Å². The Morgan fingerprint density at radius 3 is 3.07 bits per heavy atom. The Kier molecular flexibility index (Phi) is 4.11. The van der Waals surface area contributed by atoms with Crippen molar-refractivity contribution in [2.24, 2.45) is 5.84 Å². The average Bonchev–Trinajstić information content (AvgIpc) is 2.26. The van der Waals surface area contributed by atoms with Crippen molar-refractivity contribution in [2.45, 2.75) is 25.8 Å². The second kappa shape index (κ2) is 5.38. The molecule has 14 heavy (non-hydrogen) atoms. The molecule has 0 bridgehead atoms. The normalized spacial score (nSPS) is 12.1. The van der Waals surface area contributed by atoms with Crippen LogP contribution < -0.4 is 11.3 Å². The van der Waals surface area contributed by atoms with Crippen LogP contribution >= 0.6 is 0 Å². The number of rotatable bonds is 4. The average molecular weight is 189 g/mol. The maximum absolute atomic E-state index is 5.45. The van der Waals surface area contributed by atoms with Crippen LogP contribution in [-0.2, 0) is 6.42 Å². The molecule has 1 aromatic rings. The molecular weight excluding hydrogens is 174 g/mol. The summed E-state index contributed by atoms with van der Waals surface area (Å²) in [6, 6.07) is 1.98. The molecular formula is C11H15N3. The van der Waals surface area contributed by atoms with Crippen LogP contribution in [0.25, 0.3) is 0 Å². The second-order valence-electron chi connectivity index (χ2n) is 3.06. The van der Waals surface area contributed by atoms with Gasteiger partial charge in [0.05, 0.1) is 6.04 Å². The number of nitrogens with one attached hydrogen (secondary N) is 1. The zero-order valence-corrected chi connectivity index (χ0v) is 8.33. The molecule has 1 atom stereocenters. The van der Waals surface area contributed by atoms with Gasteiger partial charge >= 0.3 is 0 Å². The SMILES string of the molecule is C#CCC(NN)c1ccncc1CC. The predicted octanol–water partition coefficient (Wildman–Crippen LogP) is 1.17. The van der Waals surface area contributed by atoms with Crippen molar-refractivity contribution in [2.75, 3.05) is 0 Å². The van der Waals surface area contributed by atoms with Crippen molar-refractivity contribution in [3.63, 3.8) is 0 Å². The number of hydrogen-bond acceptors (Lipinski definition) is 3. The molecule has 0 saturated carbocycles. The minimum absolute atomic E-state index is 0.0259. The van der Waals surface area contributed by atoms with Gasteiger partial charge in [0.15, 0.2) is 0 Å². The fourth-order valence-electron chi connectivity index (χ4n) is 1.45. The minimum Gasteiger partial charge on any atom is -0.271 e. The van der Waals surface area contributed by atoms with Crippen molar-refractivity contribution >= 4 is 0 Å². The molecule has 0 amide bonds. The lowest BCUT2D eigenvalue weighted by atomic mass is 9.99. The summed E-state index contributed by atoms with van der Waals surface area (Å²) < 4.78 is 0. The second-order valence-corrected chi connectivity index (χ2v) is 3.06. The minimum atomic E-state index is 0.0259. The van der Waals surface area contributed by atoms with Crippen LogP contribution in [0, 0.1) is 12.3 Å². The third-order valence-corrected chi connectivity index (χ3v) is 2.22. The van der Waals surface area contributed by atoms with Crippen LogP contribution in [0.3, 0.4) is 0 Å². The summed E-state index contributed by atoms with van der Waals surface area (Å²) in [6.45, 7) is 2.09. The van der Waals surface area contributed by atoms with E-state index in [1.165, 1.54) is 5.56 Å². The third kappa shape index (κ3) is 2.32. The number of nitrogens with zero attached hydrogens (tertiary/aromatic N) is 1. The summed E-state index contributed by atoms with van der Waals surface area (Å²) in [5, 5.41) is 0. The largest absolute Gasteiger partial charge is 0.271 e. The quantitative estimate of drug-likeness (QED) is 0.424. The van der Waals surface area contributed by atoms with Crippen LogP contribution in [0.1, 0.15) is 30.5 Å². The van der Waals surface area contributed by atoms with Crippen LogP contribution in [0.15, 0.2) is 18.5 Å². The van der Waals surface area contributed by atoms with Gasteiger partial charge < -0.3 is 0 Å². The third-order valence-electron chi connectivity index (χ3n) is 2.22. The summed E-state index contributed by atoms with van der Waals surface area (Å²) in [4.78, 5) is 4.07. The molecule has 0 spiro atoms. The molecule has 1 aromatic heterocycles. The number of aryl methyl sites for hydroxylation is 1. The van der Waals surface area contributed by atoms with E-state index in [1.54, 1.807) is 6.20 Å². The van der Waals surface area contributed by atoms with Crippen LogP contribution in [0.4, 0.5) is 0 Å². The lowest BCUT2D eigenvalue weighted by Crippen LogP contribution is -2.28. The van der Waals surface area contributed by atoms with Crippen molar-refractivity contribution in [1.82, 2.24) is 10.4 Å². The Morgan fingerprint density at radius 1 is 1.71 bits per heavy atom. The number of pyridine rings is 1. The molecule has 0 radical (unpaired) electrons. The van der Waals surface area contributed by atoms with Crippen LogP contribution in [0.5, 0.6) is 0 Å². The molecule has 0 fully saturated rings. The summed E-state index contributed by atoms with van der Waals surface area (Å²) in [7, 11) is 0. The monoisotopic (exact) mass is 189 g/mol. The standard InChI is InChI=1S/C11H15N3/c1-3-5-11(14-12)10-6-7-13-8-9(10)4-2/h1,6-8,11,14H,4-5,12H2,2H3. The van der Waals surface area contributed by atoms with Crippen molar-refractivity contribution in [3.8, 4) is 12.3 Å². The highest BCUT2D eigenvalue weighted by atomic mass is 15.2. The Balaban J connectivity index is 2.97. The van der Waals surface area contributed by atoms with E-state index < -0.39 is 0 Å². The first-order valence-electron chi connectivity index (χ1n) is 4.65. The molecule has 0 saturated heterocycles. The highest BCUT2D eigenvalue weighted by Crippen LogP contribution is 2.19. The molecule has 1 unspecified atom stereocenters. The molecule has 3 heteroatoms. The molecule has 1 rings (SSSR count). The van der Waals surface area contributed by atoms with Gasteiger partial charge in [0.1, 0.15) is 0 Å². The molecule has 0 aliphatic heterocycles. The Morgan fingerprint density at radius 2 is 2.50 bits per heavy atom. The summed E-state index contributed by atoms with van der Waals surface area (Å²) in [6.07, 6.45) is 10.4. The van der Waals surface area contributed by atoms with E-state index in [0.29, 0.717) is 6.42 Å². The lowest BCUT2D eigenvalue weighted by molar-refractivity contribution is 0.563. The van der Waals surface area contributed by atoms with Gasteiger partial charge in [-0.15, -0.1) is 12.3 Å². The van der Waals surface area contributed by atoms with Gasteiger partial charge in [-0.1, -0.05) is 6.92 Å². The summed E-state index contributed by atoms with van der Waals surface area (Å²) >= 11 is 0. The first kappa shape index (κ1) is 10.7.